The highest BCUT2D eigenvalue weighted by atomic mass is 16.6. The van der Waals surface area contributed by atoms with Crippen molar-refractivity contribution in [3.8, 4) is 11.5 Å². The first-order valence-electron chi connectivity index (χ1n) is 12.3. The molecule has 6 rings (SSSR count). The fraction of sp³-hybridized carbons (Fsp3) is 0.200. The minimum atomic E-state index is -0.825. The van der Waals surface area contributed by atoms with Gasteiger partial charge in [-0.25, -0.2) is 0 Å². The molecule has 4 aromatic rings. The maximum atomic E-state index is 13.5. The summed E-state index contributed by atoms with van der Waals surface area (Å²) >= 11 is 0. The van der Waals surface area contributed by atoms with Crippen molar-refractivity contribution in [3.05, 3.63) is 95.2 Å². The van der Waals surface area contributed by atoms with Gasteiger partial charge in [0.1, 0.15) is 19.0 Å². The number of Topliss-reactive ketones (excluding diaryl/α,β-unsaturated/α-hetero) is 1. The maximum Gasteiger partial charge on any atom is 0.300 e. The predicted octanol–water partition coefficient (Wildman–Crippen LogP) is 5.69. The average molecular weight is 495 g/mol. The molecule has 2 aliphatic rings. The number of para-hydroxylation sites is 1. The molecule has 0 bridgehead atoms. The fourth-order valence-electron chi connectivity index (χ4n) is 5.08. The van der Waals surface area contributed by atoms with Crippen molar-refractivity contribution in [2.75, 3.05) is 18.1 Å². The van der Waals surface area contributed by atoms with E-state index in [0.29, 0.717) is 41.9 Å². The second kappa shape index (κ2) is 8.85. The summed E-state index contributed by atoms with van der Waals surface area (Å²) in [6.07, 6.45) is 1.80. The van der Waals surface area contributed by atoms with Gasteiger partial charge in [-0.05, 0) is 47.9 Å². The Morgan fingerprint density at radius 3 is 2.46 bits per heavy atom. The number of aromatic nitrogens is 1. The van der Waals surface area contributed by atoms with Crippen molar-refractivity contribution >= 4 is 34.0 Å². The van der Waals surface area contributed by atoms with Crippen LogP contribution in [0.1, 0.15) is 42.5 Å². The number of ketones is 1. The lowest BCUT2D eigenvalue weighted by molar-refractivity contribution is -0.132. The summed E-state index contributed by atoms with van der Waals surface area (Å²) in [4.78, 5) is 31.8. The highest BCUT2D eigenvalue weighted by molar-refractivity contribution is 6.51. The molecule has 0 saturated carbocycles. The van der Waals surface area contributed by atoms with Gasteiger partial charge in [0, 0.05) is 33.9 Å². The Kier molecular flexibility index (Phi) is 5.48. The number of ether oxygens (including phenoxy) is 2. The van der Waals surface area contributed by atoms with Crippen LogP contribution in [0.2, 0.25) is 0 Å². The van der Waals surface area contributed by atoms with Crippen LogP contribution < -0.4 is 14.4 Å². The van der Waals surface area contributed by atoms with Crippen LogP contribution in [-0.2, 0) is 9.59 Å². The third-order valence-corrected chi connectivity index (χ3v) is 7.01. The molecule has 2 N–H and O–H groups in total. The first-order chi connectivity index (χ1) is 17.9. The molecule has 186 valence electrons. The van der Waals surface area contributed by atoms with Gasteiger partial charge >= 0.3 is 0 Å². The van der Waals surface area contributed by atoms with Gasteiger partial charge in [-0.15, -0.1) is 0 Å². The van der Waals surface area contributed by atoms with Crippen molar-refractivity contribution in [3.63, 3.8) is 0 Å². The number of aliphatic hydroxyl groups is 1. The Morgan fingerprint density at radius 1 is 0.973 bits per heavy atom. The molecule has 2 aliphatic heterocycles. The summed E-state index contributed by atoms with van der Waals surface area (Å²) in [5.74, 6) is -0.308. The molecule has 0 spiro atoms. The third-order valence-electron chi connectivity index (χ3n) is 7.01. The van der Waals surface area contributed by atoms with Gasteiger partial charge in [-0.3, -0.25) is 14.5 Å². The number of nitrogens with zero attached hydrogens (tertiary/aromatic N) is 1. The molecule has 0 radical (unpaired) electrons. The number of aliphatic hydroxyl groups excluding tert-OH is 1. The molecular formula is C30H26N2O5. The van der Waals surface area contributed by atoms with Gasteiger partial charge < -0.3 is 19.6 Å². The molecule has 7 heteroatoms. The van der Waals surface area contributed by atoms with Crippen molar-refractivity contribution < 1.29 is 24.2 Å². The van der Waals surface area contributed by atoms with Crippen molar-refractivity contribution in [1.29, 1.82) is 0 Å². The van der Waals surface area contributed by atoms with Gasteiger partial charge in [-0.2, -0.15) is 0 Å². The average Bonchev–Trinajstić information content (AvgIpc) is 3.46. The van der Waals surface area contributed by atoms with E-state index in [0.717, 1.165) is 22.0 Å². The number of hydrogen-bond donors (Lipinski definition) is 2. The number of nitrogens with one attached hydrogen (secondary N) is 1. The lowest BCUT2D eigenvalue weighted by Gasteiger charge is -2.25. The monoisotopic (exact) mass is 494 g/mol. The van der Waals surface area contributed by atoms with Crippen LogP contribution in [-0.4, -0.2) is 35.0 Å². The van der Waals surface area contributed by atoms with Crippen LogP contribution in [0.4, 0.5) is 5.69 Å². The van der Waals surface area contributed by atoms with Crippen LogP contribution in [0.15, 0.2) is 78.5 Å². The Bertz CT molecular complexity index is 1560. The molecule has 1 atom stereocenters. The van der Waals surface area contributed by atoms with Crippen LogP contribution in [0.3, 0.4) is 0 Å². The predicted molar refractivity (Wildman–Crippen MR) is 141 cm³/mol. The number of benzene rings is 3. The van der Waals surface area contributed by atoms with Gasteiger partial charge in [-0.1, -0.05) is 44.2 Å². The SMILES string of the molecule is CC(C)c1ccc(N2C(=O)C(=O)/C(=C(/O)c3ccc4c(c3)OCCO4)C2c2c[nH]c3ccccc23)cc1. The molecule has 1 amide bonds. The summed E-state index contributed by atoms with van der Waals surface area (Å²) in [6.45, 7) is 5.03. The molecular weight excluding hydrogens is 468 g/mol. The lowest BCUT2D eigenvalue weighted by Crippen LogP contribution is -2.29. The van der Waals surface area contributed by atoms with Crippen LogP contribution >= 0.6 is 0 Å². The summed E-state index contributed by atoms with van der Waals surface area (Å²) in [5, 5.41) is 12.4. The summed E-state index contributed by atoms with van der Waals surface area (Å²) in [7, 11) is 0. The van der Waals surface area contributed by atoms with E-state index in [1.807, 2.05) is 48.5 Å². The van der Waals surface area contributed by atoms with E-state index < -0.39 is 17.7 Å². The molecule has 37 heavy (non-hydrogen) atoms. The third kappa shape index (κ3) is 3.74. The minimum Gasteiger partial charge on any atom is -0.507 e. The Labute approximate surface area is 213 Å². The number of carbonyl (C=O) groups is 2. The molecule has 3 heterocycles. The van der Waals surface area contributed by atoms with E-state index in [2.05, 4.69) is 18.8 Å². The van der Waals surface area contributed by atoms with Crippen LogP contribution in [0.5, 0.6) is 11.5 Å². The maximum absolute atomic E-state index is 13.5. The van der Waals surface area contributed by atoms with E-state index in [9.17, 15) is 14.7 Å². The molecule has 0 aliphatic carbocycles. The highest BCUT2D eigenvalue weighted by Crippen LogP contribution is 2.45. The van der Waals surface area contributed by atoms with Crippen molar-refractivity contribution in [2.45, 2.75) is 25.8 Å². The van der Waals surface area contributed by atoms with Gasteiger partial charge in [0.15, 0.2) is 11.5 Å². The summed E-state index contributed by atoms with van der Waals surface area (Å²) in [5.41, 5.74) is 3.71. The molecule has 1 fully saturated rings. The molecule has 7 nitrogen and oxygen atoms in total. The number of aromatic amines is 1. The summed E-state index contributed by atoms with van der Waals surface area (Å²) < 4.78 is 11.3. The smallest absolute Gasteiger partial charge is 0.300 e. The Hall–Kier alpha value is -4.52. The fourth-order valence-corrected chi connectivity index (χ4v) is 5.08. The number of rotatable bonds is 4. The van der Waals surface area contributed by atoms with Gasteiger partial charge in [0.05, 0.1) is 11.6 Å². The highest BCUT2D eigenvalue weighted by Gasteiger charge is 2.47. The van der Waals surface area contributed by atoms with Crippen molar-refractivity contribution in [1.82, 2.24) is 4.98 Å². The number of fused-ring (bicyclic) bond motifs is 2. The number of carbonyl (C=O) groups excluding carboxylic acids is 2. The van der Waals surface area contributed by atoms with Crippen LogP contribution in [0.25, 0.3) is 16.7 Å². The number of hydrogen-bond acceptors (Lipinski definition) is 5. The molecule has 3 aromatic carbocycles. The van der Waals surface area contributed by atoms with Gasteiger partial charge in [0.2, 0.25) is 0 Å². The molecule has 1 aromatic heterocycles. The molecule has 1 saturated heterocycles. The van der Waals surface area contributed by atoms with E-state index in [1.165, 1.54) is 4.90 Å². The zero-order chi connectivity index (χ0) is 25.7. The zero-order valence-corrected chi connectivity index (χ0v) is 20.5. The van der Waals surface area contributed by atoms with E-state index in [4.69, 9.17) is 9.47 Å². The van der Waals surface area contributed by atoms with Crippen molar-refractivity contribution in [2.24, 2.45) is 0 Å². The minimum absolute atomic E-state index is 0.0272. The second-order valence-corrected chi connectivity index (χ2v) is 9.56. The Morgan fingerprint density at radius 2 is 1.70 bits per heavy atom. The lowest BCUT2D eigenvalue weighted by atomic mass is 9.94. The first-order valence-corrected chi connectivity index (χ1v) is 12.3. The molecule has 1 unspecified atom stereocenters. The second-order valence-electron chi connectivity index (χ2n) is 9.56. The largest absolute Gasteiger partial charge is 0.507 e. The number of anilines is 1. The van der Waals surface area contributed by atoms with E-state index >= 15 is 0 Å². The van der Waals surface area contributed by atoms with Gasteiger partial charge in [0.25, 0.3) is 11.7 Å². The number of H-pyrrole nitrogens is 1. The van der Waals surface area contributed by atoms with E-state index in [-0.39, 0.29) is 11.3 Å². The topological polar surface area (TPSA) is 91.9 Å². The number of amides is 1. The summed E-state index contributed by atoms with van der Waals surface area (Å²) in [6, 6.07) is 19.5. The Balaban J connectivity index is 1.55. The zero-order valence-electron chi connectivity index (χ0n) is 20.5. The first kappa shape index (κ1) is 22.9. The standard InChI is InChI=1S/C30H26N2O5/c1-17(2)18-7-10-20(11-8-18)32-27(22-16-31-23-6-4-3-5-21(22)23)26(29(34)30(32)35)28(33)19-9-12-24-25(15-19)37-14-13-36-24/h3-12,15-17,27,31,33H,13-14H2,1-2H3/b28-26+. The quantitative estimate of drug-likeness (QED) is 0.216. The van der Waals surface area contributed by atoms with Crippen LogP contribution in [0, 0.1) is 0 Å². The normalized spacial score (nSPS) is 18.7. The van der Waals surface area contributed by atoms with E-state index in [1.54, 1.807) is 24.4 Å².